The lowest BCUT2D eigenvalue weighted by atomic mass is 9.43. The summed E-state index contributed by atoms with van der Waals surface area (Å²) in [6.07, 6.45) is 12.1. The van der Waals surface area contributed by atoms with E-state index in [1.165, 1.54) is 30.9 Å². The number of aldehydes is 1. The summed E-state index contributed by atoms with van der Waals surface area (Å²) in [5.74, 6) is 1.54. The zero-order chi connectivity index (χ0) is 22.6. The fourth-order valence-electron chi connectivity index (χ4n) is 8.05. The highest BCUT2D eigenvalue weighted by molar-refractivity contribution is 5.58. The van der Waals surface area contributed by atoms with Gasteiger partial charge in [-0.05, 0) is 93.1 Å². The molecule has 8 atom stereocenters. The summed E-state index contributed by atoms with van der Waals surface area (Å²) in [6, 6.07) is 0. The number of fused-ring (bicyclic) bond motifs is 6. The minimum absolute atomic E-state index is 0.00428. The maximum Gasteiger partial charge on any atom is 0.116 e. The number of aliphatic hydroxyl groups excluding tert-OH is 1. The molecule has 3 N–H and O–H groups in total. The molecule has 1 heterocycles. The topological polar surface area (TPSA) is 86.2 Å². The number of nitrogens with zero attached hydrogens (tertiary/aromatic N) is 1. The van der Waals surface area contributed by atoms with Crippen LogP contribution >= 0.6 is 0 Å². The average Bonchev–Trinajstić information content (AvgIpc) is 3.11. The molecule has 2 unspecified atom stereocenters. The van der Waals surface area contributed by atoms with Crippen molar-refractivity contribution in [2.45, 2.75) is 91.3 Å². The van der Waals surface area contributed by atoms with Crippen molar-refractivity contribution in [1.82, 2.24) is 10.2 Å². The van der Waals surface area contributed by atoms with E-state index in [0.717, 1.165) is 44.1 Å². The third-order valence-electron chi connectivity index (χ3n) is 9.96. The van der Waals surface area contributed by atoms with E-state index in [1.54, 1.807) is 0 Å². The number of rotatable bonds is 0. The molecule has 4 aliphatic rings. The van der Waals surface area contributed by atoms with Gasteiger partial charge in [-0.25, -0.2) is 0 Å². The van der Waals surface area contributed by atoms with Gasteiger partial charge < -0.3 is 15.0 Å². The Bertz CT molecular complexity index is 859. The molecule has 172 valence electrons. The van der Waals surface area contributed by atoms with Crippen molar-refractivity contribution < 1.29 is 15.0 Å². The fourth-order valence-corrected chi connectivity index (χ4v) is 8.05. The number of carbonyl (C=O) groups excluding carboxylic acids is 1. The lowest BCUT2D eigenvalue weighted by molar-refractivity contribution is -0.203. The summed E-state index contributed by atoms with van der Waals surface area (Å²) < 4.78 is 0. The molecule has 0 saturated heterocycles. The van der Waals surface area contributed by atoms with Gasteiger partial charge >= 0.3 is 0 Å². The van der Waals surface area contributed by atoms with Crippen LogP contribution in [0, 0.1) is 34.5 Å². The van der Waals surface area contributed by atoms with Crippen molar-refractivity contribution in [3.8, 4) is 0 Å². The van der Waals surface area contributed by atoms with Crippen LogP contribution in [0.25, 0.3) is 6.08 Å². The van der Waals surface area contributed by atoms with E-state index < -0.39 is 5.60 Å². The van der Waals surface area contributed by atoms with E-state index in [4.69, 9.17) is 4.79 Å². The predicted octanol–water partition coefficient (Wildman–Crippen LogP) is 4.55. The van der Waals surface area contributed by atoms with Crippen LogP contribution in [0.5, 0.6) is 0 Å². The summed E-state index contributed by atoms with van der Waals surface area (Å²) in [4.78, 5) is 8.81. The molecule has 0 aliphatic heterocycles. The smallest absolute Gasteiger partial charge is 0.116 e. The second-order valence-corrected chi connectivity index (χ2v) is 11.3. The van der Waals surface area contributed by atoms with Gasteiger partial charge in [0.25, 0.3) is 0 Å². The maximum absolute atomic E-state index is 11.6. The van der Waals surface area contributed by atoms with Gasteiger partial charge in [0.05, 0.1) is 23.6 Å². The molecule has 0 aromatic carbocycles. The lowest BCUT2D eigenvalue weighted by Gasteiger charge is -2.63. The highest BCUT2D eigenvalue weighted by atomic mass is 16.3. The van der Waals surface area contributed by atoms with Gasteiger partial charge in [0.2, 0.25) is 0 Å². The van der Waals surface area contributed by atoms with Crippen LogP contribution < -0.4 is 0 Å². The maximum atomic E-state index is 11.6. The van der Waals surface area contributed by atoms with Gasteiger partial charge in [-0.15, -0.1) is 0 Å². The van der Waals surface area contributed by atoms with Crippen molar-refractivity contribution >= 4 is 12.4 Å². The fraction of sp³-hybridized carbons (Fsp3) is 0.769. The zero-order valence-corrected chi connectivity index (χ0v) is 19.8. The van der Waals surface area contributed by atoms with Crippen molar-refractivity contribution in [3.63, 3.8) is 0 Å². The van der Waals surface area contributed by atoms with Crippen molar-refractivity contribution in [3.05, 3.63) is 23.0 Å². The first-order chi connectivity index (χ1) is 14.6. The van der Waals surface area contributed by atoms with Gasteiger partial charge in [-0.2, -0.15) is 5.10 Å². The Hall–Kier alpha value is -1.46. The predicted molar refractivity (Wildman–Crippen MR) is 122 cm³/mol. The molecule has 5 heteroatoms. The van der Waals surface area contributed by atoms with Crippen LogP contribution in [0.4, 0.5) is 0 Å². The first-order valence-electron chi connectivity index (χ1n) is 12.1. The largest absolute Gasteiger partial charge is 0.393 e. The van der Waals surface area contributed by atoms with Gasteiger partial charge in [0.15, 0.2) is 0 Å². The van der Waals surface area contributed by atoms with Crippen LogP contribution in [0.15, 0.2) is 11.8 Å². The Balaban J connectivity index is 0.000000730. The van der Waals surface area contributed by atoms with Crippen LogP contribution in [0.1, 0.15) is 84.4 Å². The third-order valence-corrected chi connectivity index (χ3v) is 9.96. The number of hydrogen-bond acceptors (Lipinski definition) is 4. The molecule has 0 spiro atoms. The van der Waals surface area contributed by atoms with Crippen LogP contribution in [0.3, 0.4) is 0 Å². The third kappa shape index (κ3) is 3.26. The Morgan fingerprint density at radius 2 is 1.94 bits per heavy atom. The van der Waals surface area contributed by atoms with Gasteiger partial charge in [0.1, 0.15) is 6.29 Å². The summed E-state index contributed by atoms with van der Waals surface area (Å²) in [5.41, 5.74) is 3.01. The standard InChI is InChI=1S/C24H36N2O2.C2H4O/c1-14-6-5-7-18-17-9-8-16-10-19-15(13-25-26-19)11-22(16,2)21(17)20(27)12-23(18,3)24(14,4)28;1-2-3/h10,13-14,17-18,20-21,27-28H,5-9,11-12H2,1-4H3,(H,25,26);2H,1H3/t14-,17-,18?,20-,21?,22-,23-,24+;/m0./s1. The molecule has 5 rings (SSSR count). The van der Waals surface area contributed by atoms with Crippen molar-refractivity contribution in [2.75, 3.05) is 0 Å². The monoisotopic (exact) mass is 428 g/mol. The van der Waals surface area contributed by atoms with Gasteiger partial charge in [-0.1, -0.05) is 32.8 Å². The number of allylic oxidation sites excluding steroid dienone is 1. The Morgan fingerprint density at radius 3 is 2.65 bits per heavy atom. The molecule has 4 aliphatic carbocycles. The van der Waals surface area contributed by atoms with Gasteiger partial charge in [-0.3, -0.25) is 5.10 Å². The average molecular weight is 429 g/mol. The number of H-pyrrole nitrogens is 1. The Kier molecular flexibility index (Phi) is 5.75. The molecule has 1 aromatic heterocycles. The quantitative estimate of drug-likeness (QED) is 0.529. The summed E-state index contributed by atoms with van der Waals surface area (Å²) in [6.45, 7) is 10.4. The number of nitrogens with one attached hydrogen (secondary N) is 1. The number of aliphatic hydroxyl groups is 2. The Morgan fingerprint density at radius 1 is 1.23 bits per heavy atom. The number of aromatic nitrogens is 2. The van der Waals surface area contributed by atoms with E-state index in [0.29, 0.717) is 11.8 Å². The molecule has 3 saturated carbocycles. The molecule has 1 aromatic rings. The molecule has 0 amide bonds. The second kappa shape index (κ2) is 7.84. The lowest BCUT2D eigenvalue weighted by Crippen LogP contribution is -2.63. The van der Waals surface area contributed by atoms with Crippen LogP contribution in [-0.4, -0.2) is 38.4 Å². The normalized spacial score (nSPS) is 46.0. The highest BCUT2D eigenvalue weighted by Gasteiger charge is 2.63. The van der Waals surface area contributed by atoms with Crippen LogP contribution in [0.2, 0.25) is 0 Å². The van der Waals surface area contributed by atoms with Crippen molar-refractivity contribution in [1.29, 1.82) is 0 Å². The first kappa shape index (κ1) is 22.7. The minimum Gasteiger partial charge on any atom is -0.393 e. The number of hydrogen-bond donors (Lipinski definition) is 3. The second-order valence-electron chi connectivity index (χ2n) is 11.3. The molecule has 0 radical (unpaired) electrons. The van der Waals surface area contributed by atoms with E-state index >= 15 is 0 Å². The summed E-state index contributed by atoms with van der Waals surface area (Å²) in [7, 11) is 0. The van der Waals surface area contributed by atoms with Crippen LogP contribution in [-0.2, 0) is 11.2 Å². The highest BCUT2D eigenvalue weighted by Crippen LogP contribution is 2.66. The zero-order valence-electron chi connectivity index (χ0n) is 19.8. The molecular formula is C26H40N2O3. The van der Waals surface area contributed by atoms with E-state index in [2.05, 4.69) is 44.0 Å². The summed E-state index contributed by atoms with van der Waals surface area (Å²) >= 11 is 0. The Labute approximate surface area is 186 Å². The van der Waals surface area contributed by atoms with E-state index in [-0.39, 0.29) is 28.8 Å². The molecule has 31 heavy (non-hydrogen) atoms. The molecule has 5 nitrogen and oxygen atoms in total. The summed E-state index contributed by atoms with van der Waals surface area (Å²) in [5, 5.41) is 30.6. The van der Waals surface area contributed by atoms with Crippen molar-refractivity contribution in [2.24, 2.45) is 34.5 Å². The van der Waals surface area contributed by atoms with E-state index in [1.807, 2.05) is 6.20 Å². The molecule has 0 bridgehead atoms. The SMILES string of the molecule is CC=O.C[C@H]1CCCC2[C@@H]3CCC4=Cc5[nH]ncc5C[C@]4(C)C3[C@@H](O)C[C@]2(C)[C@]1(C)O. The number of aromatic amines is 1. The molecular weight excluding hydrogens is 388 g/mol. The van der Waals surface area contributed by atoms with E-state index in [9.17, 15) is 10.2 Å². The minimum atomic E-state index is -0.721. The van der Waals surface area contributed by atoms with Gasteiger partial charge in [0, 0.05) is 5.41 Å². The number of carbonyl (C=O) groups is 1. The molecule has 3 fully saturated rings. The first-order valence-corrected chi connectivity index (χ1v) is 12.1.